The molecule has 0 aromatic rings. The Morgan fingerprint density at radius 3 is 2.30 bits per heavy atom. The molecule has 6 heteroatoms. The maximum absolute atomic E-state index is 12.7. The zero-order chi connectivity index (χ0) is 16.4. The first kappa shape index (κ1) is 15.9. The number of Topliss-reactive ketones (excluding diaryl/α,β-unsaturated/α-hetero) is 2. The van der Waals surface area contributed by atoms with Crippen molar-refractivity contribution in [1.82, 2.24) is 10.2 Å². The molecule has 23 heavy (non-hydrogen) atoms. The molecule has 1 N–H and O–H groups in total. The summed E-state index contributed by atoms with van der Waals surface area (Å²) in [5.74, 6) is -1.21. The number of nitrogens with one attached hydrogen (secondary N) is 1. The van der Waals surface area contributed by atoms with Crippen LogP contribution in [0.25, 0.3) is 0 Å². The Kier molecular flexibility index (Phi) is 4.59. The van der Waals surface area contributed by atoms with E-state index in [9.17, 15) is 19.2 Å². The van der Waals surface area contributed by atoms with E-state index in [4.69, 9.17) is 0 Å². The molecule has 2 amide bonds. The minimum Gasteiger partial charge on any atom is -0.374 e. The zero-order valence-corrected chi connectivity index (χ0v) is 13.2. The molecule has 2 saturated heterocycles. The highest BCUT2D eigenvalue weighted by Gasteiger charge is 2.33. The third kappa shape index (κ3) is 3.51. The predicted molar refractivity (Wildman–Crippen MR) is 82.2 cm³/mol. The van der Waals surface area contributed by atoms with Gasteiger partial charge < -0.3 is 4.90 Å². The van der Waals surface area contributed by atoms with Crippen molar-refractivity contribution in [1.29, 1.82) is 0 Å². The van der Waals surface area contributed by atoms with E-state index in [1.807, 2.05) is 0 Å². The number of carbonyl (C=O) groups excluding carboxylic acids is 4. The second-order valence-electron chi connectivity index (χ2n) is 6.67. The Balaban J connectivity index is 1.78. The van der Waals surface area contributed by atoms with Crippen molar-refractivity contribution in [3.05, 3.63) is 11.3 Å². The van der Waals surface area contributed by atoms with Crippen LogP contribution in [0, 0.1) is 5.92 Å². The summed E-state index contributed by atoms with van der Waals surface area (Å²) >= 11 is 0. The fraction of sp³-hybridized carbons (Fsp3) is 0.647. The number of nitrogens with zero attached hydrogens (tertiary/aromatic N) is 1. The van der Waals surface area contributed by atoms with E-state index in [0.717, 1.165) is 44.5 Å². The van der Waals surface area contributed by atoms with Gasteiger partial charge in [-0.15, -0.1) is 0 Å². The fourth-order valence-electron chi connectivity index (χ4n) is 3.81. The summed E-state index contributed by atoms with van der Waals surface area (Å²) in [5, 5.41) is 2.25. The predicted octanol–water partition coefficient (Wildman–Crippen LogP) is 1.10. The summed E-state index contributed by atoms with van der Waals surface area (Å²) in [4.78, 5) is 50.1. The van der Waals surface area contributed by atoms with E-state index in [1.54, 1.807) is 0 Å². The number of imide groups is 1. The normalized spacial score (nSPS) is 23.5. The summed E-state index contributed by atoms with van der Waals surface area (Å²) in [5.41, 5.74) is 1.24. The van der Waals surface area contributed by atoms with E-state index in [0.29, 0.717) is 12.0 Å². The van der Waals surface area contributed by atoms with Crippen molar-refractivity contribution >= 4 is 23.4 Å². The van der Waals surface area contributed by atoms with Gasteiger partial charge in [0.2, 0.25) is 11.8 Å². The molecular formula is C17H22N2O4. The fourth-order valence-corrected chi connectivity index (χ4v) is 3.81. The van der Waals surface area contributed by atoms with Gasteiger partial charge in [0.25, 0.3) is 0 Å². The van der Waals surface area contributed by atoms with Crippen molar-refractivity contribution in [2.24, 2.45) is 5.92 Å². The van der Waals surface area contributed by atoms with Gasteiger partial charge >= 0.3 is 0 Å². The molecule has 1 aliphatic carbocycles. The van der Waals surface area contributed by atoms with E-state index < -0.39 is 0 Å². The highest BCUT2D eigenvalue weighted by Crippen LogP contribution is 2.30. The van der Waals surface area contributed by atoms with Gasteiger partial charge in [0.1, 0.15) is 0 Å². The van der Waals surface area contributed by atoms with Crippen molar-refractivity contribution in [2.45, 2.75) is 51.4 Å². The third-order valence-electron chi connectivity index (χ3n) is 4.85. The monoisotopic (exact) mass is 318 g/mol. The molecule has 6 nitrogen and oxygen atoms in total. The van der Waals surface area contributed by atoms with Crippen LogP contribution in [-0.2, 0) is 19.2 Å². The topological polar surface area (TPSA) is 83.6 Å². The lowest BCUT2D eigenvalue weighted by atomic mass is 9.85. The van der Waals surface area contributed by atoms with Gasteiger partial charge in [0.05, 0.1) is 5.57 Å². The van der Waals surface area contributed by atoms with Gasteiger partial charge in [-0.05, 0) is 31.6 Å². The number of rotatable bonds is 4. The van der Waals surface area contributed by atoms with Gasteiger partial charge in [-0.1, -0.05) is 0 Å². The van der Waals surface area contributed by atoms with Crippen LogP contribution in [0.2, 0.25) is 0 Å². The molecule has 0 bridgehead atoms. The second kappa shape index (κ2) is 6.64. The summed E-state index contributed by atoms with van der Waals surface area (Å²) in [6, 6.07) is 0. The van der Waals surface area contributed by atoms with Crippen LogP contribution in [0.1, 0.15) is 51.4 Å². The van der Waals surface area contributed by atoms with Crippen molar-refractivity contribution < 1.29 is 19.2 Å². The molecular weight excluding hydrogens is 296 g/mol. The largest absolute Gasteiger partial charge is 0.374 e. The minimum atomic E-state index is -0.331. The van der Waals surface area contributed by atoms with Crippen LogP contribution in [0.3, 0.4) is 0 Å². The number of hydrogen-bond acceptors (Lipinski definition) is 5. The Labute approximate surface area is 135 Å². The standard InChI is InChI=1S/C17H22N2O4/c20-13-5-3-4-12(19-6-1-2-7-19)17(13)14(21)8-11-9-15(22)18-16(23)10-11/h11H,1-10H2,(H,18,22,23). The number of carbonyl (C=O) groups is 4. The van der Waals surface area contributed by atoms with Crippen LogP contribution in [-0.4, -0.2) is 41.4 Å². The minimum absolute atomic E-state index is 0.0743. The molecule has 0 aromatic heterocycles. The van der Waals surface area contributed by atoms with Crippen molar-refractivity contribution in [2.75, 3.05) is 13.1 Å². The van der Waals surface area contributed by atoms with Crippen LogP contribution < -0.4 is 5.32 Å². The van der Waals surface area contributed by atoms with E-state index in [-0.39, 0.29) is 48.6 Å². The number of amides is 2. The maximum atomic E-state index is 12.7. The molecule has 0 unspecified atom stereocenters. The number of piperidine rings is 1. The molecule has 3 aliphatic rings. The smallest absolute Gasteiger partial charge is 0.226 e. The number of hydrogen-bond donors (Lipinski definition) is 1. The Morgan fingerprint density at radius 2 is 1.65 bits per heavy atom. The lowest BCUT2D eigenvalue weighted by Gasteiger charge is -2.28. The van der Waals surface area contributed by atoms with E-state index in [2.05, 4.69) is 10.2 Å². The molecule has 2 heterocycles. The first-order valence-electron chi connectivity index (χ1n) is 8.42. The lowest BCUT2D eigenvalue weighted by Crippen LogP contribution is -2.39. The van der Waals surface area contributed by atoms with Gasteiger partial charge in [-0.3, -0.25) is 24.5 Å². The zero-order valence-electron chi connectivity index (χ0n) is 13.2. The van der Waals surface area contributed by atoms with Gasteiger partial charge in [-0.2, -0.15) is 0 Å². The Morgan fingerprint density at radius 1 is 1.00 bits per heavy atom. The number of ketones is 2. The van der Waals surface area contributed by atoms with Gasteiger partial charge in [-0.25, -0.2) is 0 Å². The number of likely N-dealkylation sites (tertiary alicyclic amines) is 1. The first-order chi connectivity index (χ1) is 11.0. The van der Waals surface area contributed by atoms with Crippen molar-refractivity contribution in [3.63, 3.8) is 0 Å². The molecule has 0 radical (unpaired) electrons. The highest BCUT2D eigenvalue weighted by molar-refractivity contribution is 6.21. The third-order valence-corrected chi connectivity index (χ3v) is 4.85. The summed E-state index contributed by atoms with van der Waals surface area (Å²) in [6.45, 7) is 1.81. The number of allylic oxidation sites excluding steroid dienone is 2. The molecule has 0 aromatic carbocycles. The second-order valence-corrected chi connectivity index (χ2v) is 6.67. The summed E-state index contributed by atoms with van der Waals surface area (Å²) in [7, 11) is 0. The first-order valence-corrected chi connectivity index (χ1v) is 8.42. The molecule has 124 valence electrons. The maximum Gasteiger partial charge on any atom is 0.226 e. The average molecular weight is 318 g/mol. The summed E-state index contributed by atoms with van der Waals surface area (Å²) < 4.78 is 0. The molecule has 0 atom stereocenters. The van der Waals surface area contributed by atoms with Crippen LogP contribution in [0.5, 0.6) is 0 Å². The highest BCUT2D eigenvalue weighted by atomic mass is 16.2. The van der Waals surface area contributed by atoms with Crippen molar-refractivity contribution in [3.8, 4) is 0 Å². The van der Waals surface area contributed by atoms with E-state index in [1.165, 1.54) is 0 Å². The van der Waals surface area contributed by atoms with Crippen LogP contribution in [0.15, 0.2) is 11.3 Å². The molecule has 2 aliphatic heterocycles. The van der Waals surface area contributed by atoms with Crippen LogP contribution >= 0.6 is 0 Å². The van der Waals surface area contributed by atoms with Crippen LogP contribution in [0.4, 0.5) is 0 Å². The van der Waals surface area contributed by atoms with E-state index >= 15 is 0 Å². The SMILES string of the molecule is O=C1CC(CC(=O)C2=C(N3CCCC3)CCCC2=O)CC(=O)N1. The molecule has 0 saturated carbocycles. The average Bonchev–Trinajstić information content (AvgIpc) is 2.99. The summed E-state index contributed by atoms with van der Waals surface area (Å²) in [6.07, 6.45) is 4.64. The quantitative estimate of drug-likeness (QED) is 0.620. The Bertz CT molecular complexity index is 571. The lowest BCUT2D eigenvalue weighted by molar-refractivity contribution is -0.135. The van der Waals surface area contributed by atoms with Gasteiger partial charge in [0, 0.05) is 44.5 Å². The molecule has 2 fully saturated rings. The molecule has 3 rings (SSSR count). The Hall–Kier alpha value is -1.98. The van der Waals surface area contributed by atoms with Gasteiger partial charge in [0.15, 0.2) is 11.6 Å². The molecule has 0 spiro atoms.